The van der Waals surface area contributed by atoms with Crippen molar-refractivity contribution in [1.82, 2.24) is 4.98 Å². The summed E-state index contributed by atoms with van der Waals surface area (Å²) in [6.45, 7) is 0. The Kier molecular flexibility index (Phi) is 52.2. The standard InChI is InChI=1S/C5H7N2.CH4S.CH4.CH3.W.Y/c1-7-4-2-3-6-5-7;1-2;;;;/h2-5H,1H3;2H,1H3;1H4;1H3;;/q+1;;;-1;;/p-1. The second-order valence-electron chi connectivity index (χ2n) is 1.42. The molecule has 1 rings (SSSR count). The molecule has 0 saturated carbocycles. The van der Waals surface area contributed by atoms with Crippen molar-refractivity contribution in [1.29, 1.82) is 0 Å². The van der Waals surface area contributed by atoms with Crippen molar-refractivity contribution in [3.8, 4) is 0 Å². The fourth-order valence-corrected chi connectivity index (χ4v) is 0.406. The summed E-state index contributed by atoms with van der Waals surface area (Å²) in [4.78, 5) is 3.85. The molecule has 0 aliphatic carbocycles. The average Bonchev–Trinajstić information content (AvgIpc) is 1.94. The summed E-state index contributed by atoms with van der Waals surface area (Å²) in [5.41, 5.74) is 0. The normalized spacial score (nSPS) is 5.15. The molecule has 0 aromatic carbocycles. The molecule has 1 aromatic heterocycles. The van der Waals surface area contributed by atoms with E-state index in [1.54, 1.807) is 18.8 Å². The molecule has 2 nitrogen and oxygen atoms in total. The van der Waals surface area contributed by atoms with Crippen LogP contribution in [-0.4, -0.2) is 11.2 Å². The molecule has 0 aliphatic heterocycles. The minimum absolute atomic E-state index is 0. The summed E-state index contributed by atoms with van der Waals surface area (Å²) < 4.78 is 1.89. The first kappa shape index (κ1) is 29.2. The Balaban J connectivity index is -0.0000000335. The predicted octanol–water partition coefficient (Wildman–Crippen LogP) is 1.15. The SMILES string of the molecule is C.C[S-].C[n+]1cccnc1.[CH3-].[W].[Y]. The zero-order valence-corrected chi connectivity index (χ0v) is 14.2. The molecule has 0 bridgehead atoms. The van der Waals surface area contributed by atoms with Gasteiger partial charge in [0.05, 0.1) is 13.2 Å². The molecule has 1 heterocycles. The second kappa shape index (κ2) is 23.2. The number of rotatable bonds is 0. The third-order valence-electron chi connectivity index (χ3n) is 0.742. The van der Waals surface area contributed by atoms with Crippen LogP contribution in [0.2, 0.25) is 0 Å². The van der Waals surface area contributed by atoms with Crippen LogP contribution in [0.1, 0.15) is 7.43 Å². The Morgan fingerprint density at radius 1 is 1.31 bits per heavy atom. The van der Waals surface area contributed by atoms with E-state index in [0.717, 1.165) is 0 Å². The topological polar surface area (TPSA) is 16.8 Å². The van der Waals surface area contributed by atoms with Crippen LogP contribution in [-0.2, 0) is 73.5 Å². The molecule has 0 spiro atoms. The smallest absolute Gasteiger partial charge is 0.285 e. The van der Waals surface area contributed by atoms with Crippen molar-refractivity contribution < 1.29 is 58.3 Å². The first-order valence-corrected chi connectivity index (χ1v) is 3.37. The summed E-state index contributed by atoms with van der Waals surface area (Å²) in [7, 11) is 1.94. The molecule has 1 radical (unpaired) electrons. The van der Waals surface area contributed by atoms with E-state index in [1.165, 1.54) is 0 Å². The van der Waals surface area contributed by atoms with E-state index in [-0.39, 0.29) is 68.6 Å². The average molecular weight is 446 g/mol. The van der Waals surface area contributed by atoms with Gasteiger partial charge in [0.1, 0.15) is 6.20 Å². The van der Waals surface area contributed by atoms with Crippen LogP contribution >= 0.6 is 0 Å². The molecule has 5 heteroatoms. The molecule has 0 saturated heterocycles. The Morgan fingerprint density at radius 3 is 1.92 bits per heavy atom. The first-order valence-electron chi connectivity index (χ1n) is 2.55. The fraction of sp³-hybridized carbons (Fsp3) is 0.375. The molecule has 0 aliphatic rings. The number of nitrogens with zero attached hydrogens (tertiary/aromatic N) is 2. The van der Waals surface area contributed by atoms with Gasteiger partial charge < -0.3 is 20.1 Å². The maximum absolute atomic E-state index is 4.08. The van der Waals surface area contributed by atoms with Crippen molar-refractivity contribution in [2.75, 3.05) is 6.26 Å². The molecular weight excluding hydrogens is 429 g/mol. The van der Waals surface area contributed by atoms with Crippen molar-refractivity contribution in [2.45, 2.75) is 7.43 Å². The van der Waals surface area contributed by atoms with Gasteiger partial charge in [0.15, 0.2) is 0 Å². The van der Waals surface area contributed by atoms with Gasteiger partial charge in [-0.3, -0.25) is 0 Å². The largest absolute Gasteiger partial charge is 0.796 e. The number of hydrogen-bond donors (Lipinski definition) is 0. The molecule has 0 atom stereocenters. The second-order valence-corrected chi connectivity index (χ2v) is 1.42. The maximum atomic E-state index is 4.08. The Morgan fingerprint density at radius 2 is 1.77 bits per heavy atom. The van der Waals surface area contributed by atoms with Crippen molar-refractivity contribution in [3.05, 3.63) is 32.2 Å². The fourth-order valence-electron chi connectivity index (χ4n) is 0.406. The van der Waals surface area contributed by atoms with Crippen LogP contribution < -0.4 is 4.57 Å². The van der Waals surface area contributed by atoms with Crippen LogP contribution in [0.15, 0.2) is 24.8 Å². The summed E-state index contributed by atoms with van der Waals surface area (Å²) >= 11 is 4.08. The molecule has 1 aromatic rings. The third-order valence-corrected chi connectivity index (χ3v) is 0.742. The van der Waals surface area contributed by atoms with E-state index >= 15 is 0 Å². The maximum Gasteiger partial charge on any atom is 0.285 e. The van der Waals surface area contributed by atoms with Gasteiger partial charge >= 0.3 is 0 Å². The van der Waals surface area contributed by atoms with Crippen molar-refractivity contribution >= 4 is 12.6 Å². The third kappa shape index (κ3) is 19.6. The van der Waals surface area contributed by atoms with Crippen LogP contribution in [0.4, 0.5) is 0 Å². The van der Waals surface area contributed by atoms with E-state index in [0.29, 0.717) is 0 Å². The Hall–Kier alpha value is 1.22. The van der Waals surface area contributed by atoms with Gasteiger partial charge in [-0.15, -0.1) is 0 Å². The zero-order valence-electron chi connectivity index (χ0n) is 7.60. The number of aryl methyl sites for hydroxylation is 1. The van der Waals surface area contributed by atoms with Crippen LogP contribution in [0.25, 0.3) is 0 Å². The van der Waals surface area contributed by atoms with Gasteiger partial charge in [-0.25, -0.2) is 4.57 Å². The molecule has 0 fully saturated rings. The van der Waals surface area contributed by atoms with E-state index in [9.17, 15) is 0 Å². The molecular formula is C8H17N2SWY-. The molecule has 0 amide bonds. The minimum Gasteiger partial charge on any atom is -0.796 e. The molecule has 0 N–H and O–H groups in total. The predicted molar refractivity (Wildman–Crippen MR) is 51.8 cm³/mol. The quantitative estimate of drug-likeness (QED) is 0.338. The number of aromatic nitrogens is 2. The van der Waals surface area contributed by atoms with Crippen molar-refractivity contribution in [2.24, 2.45) is 7.05 Å². The van der Waals surface area contributed by atoms with Crippen LogP contribution in [0, 0.1) is 7.43 Å². The minimum atomic E-state index is 0. The first-order chi connectivity index (χ1) is 4.39. The van der Waals surface area contributed by atoms with E-state index < -0.39 is 0 Å². The summed E-state index contributed by atoms with van der Waals surface area (Å²) in [6.07, 6.45) is 7.02. The van der Waals surface area contributed by atoms with Gasteiger partial charge in [-0.1, -0.05) is 12.4 Å². The molecule has 0 unspecified atom stereocenters. The van der Waals surface area contributed by atoms with Gasteiger partial charge in [-0.2, -0.15) is 6.26 Å². The van der Waals surface area contributed by atoms with E-state index in [2.05, 4.69) is 17.6 Å². The van der Waals surface area contributed by atoms with Gasteiger partial charge in [-0.05, 0) is 0 Å². The van der Waals surface area contributed by atoms with Crippen LogP contribution in [0.3, 0.4) is 0 Å². The summed E-state index contributed by atoms with van der Waals surface area (Å²) in [5, 5.41) is 0. The van der Waals surface area contributed by atoms with Gasteiger partial charge in [0, 0.05) is 59.8 Å². The Bertz CT molecular complexity index is 152. The monoisotopic (exact) mass is 446 g/mol. The summed E-state index contributed by atoms with van der Waals surface area (Å²) in [6, 6.07) is 1.89. The van der Waals surface area contributed by atoms with E-state index in [4.69, 9.17) is 0 Å². The van der Waals surface area contributed by atoms with Gasteiger partial charge in [0.2, 0.25) is 0 Å². The van der Waals surface area contributed by atoms with E-state index in [1.807, 2.05) is 23.9 Å². The molecule has 13 heavy (non-hydrogen) atoms. The van der Waals surface area contributed by atoms with Crippen LogP contribution in [0.5, 0.6) is 0 Å². The Labute approximate surface area is 127 Å². The van der Waals surface area contributed by atoms with Gasteiger partial charge in [0.25, 0.3) is 6.33 Å². The number of hydrogen-bond acceptors (Lipinski definition) is 2. The molecule has 75 valence electrons. The summed E-state index contributed by atoms with van der Waals surface area (Å²) in [5.74, 6) is 0. The van der Waals surface area contributed by atoms with Crippen molar-refractivity contribution in [3.63, 3.8) is 0 Å². The zero-order chi connectivity index (χ0) is 7.11.